The number of carbonyl (C=O) groups excluding carboxylic acids is 4. The van der Waals surface area contributed by atoms with Crippen LogP contribution in [0.2, 0.25) is 0 Å². The Morgan fingerprint density at radius 1 is 0.359 bits per heavy atom. The summed E-state index contributed by atoms with van der Waals surface area (Å²) in [5.74, 6) is -1.62. The smallest absolute Gasteiger partial charge is 0.463 e. The Morgan fingerprint density at radius 2 is 0.692 bits per heavy atom. The number of aliphatic hydroxyl groups excluding tert-OH is 9. The number of phosphoric acid groups is 1. The Morgan fingerprint density at radius 3 is 1.11 bits per heavy atom. The van der Waals surface area contributed by atoms with E-state index in [0.29, 0.717) is 43.9 Å². The van der Waals surface area contributed by atoms with Crippen LogP contribution < -0.4 is 0 Å². The lowest BCUT2D eigenvalue weighted by molar-refractivity contribution is -0.360. The number of aliphatic hydroxyl groups is 9. The van der Waals surface area contributed by atoms with Gasteiger partial charge in [0.1, 0.15) is 92.6 Å². The fraction of sp³-hybridized carbons (Fsp3) is 0.934. The third kappa shape index (κ3) is 49.5. The molecule has 0 aromatic carbocycles. The van der Waals surface area contributed by atoms with Gasteiger partial charge in [0.2, 0.25) is 0 Å². The number of hydrogen-bond donors (Lipinski definition) is 10. The van der Waals surface area contributed by atoms with Gasteiger partial charge in [0, 0.05) is 25.7 Å². The molecule has 0 aromatic rings. The van der Waals surface area contributed by atoms with Crippen molar-refractivity contribution in [1.29, 1.82) is 0 Å². The molecule has 1 aliphatic carbocycles. The second kappa shape index (κ2) is 68.5. The molecule has 0 amide bonds. The summed E-state index contributed by atoms with van der Waals surface area (Å²) in [5.41, 5.74) is 0. The van der Waals surface area contributed by atoms with Crippen LogP contribution in [0.25, 0.3) is 0 Å². The Hall–Kier alpha value is -2.79. The molecule has 3 aliphatic rings. The summed E-state index contributed by atoms with van der Waals surface area (Å²) in [6.45, 7) is 10.2. The number of esters is 4. The molecule has 117 heavy (non-hydrogen) atoms. The Balaban J connectivity index is 1.93. The highest BCUT2D eigenvalue weighted by atomic mass is 31.2. The maximum Gasteiger partial charge on any atom is 0.472 e. The zero-order chi connectivity index (χ0) is 85.7. The molecule has 10 N–H and O–H groups in total. The molecule has 0 bridgehead atoms. The van der Waals surface area contributed by atoms with Gasteiger partial charge < -0.3 is 88.7 Å². The summed E-state index contributed by atoms with van der Waals surface area (Å²) >= 11 is 0. The summed E-state index contributed by atoms with van der Waals surface area (Å²) in [6.07, 6.45) is 23.7. The minimum absolute atomic E-state index is 0.0139. The SMILES string of the molecule is CCCCCCCC/C=C\CCCCCC(=O)OC1C(O)C(O)C(OC2OC(CO)C(O)C(O)C2O)C(OP(=O)(O)OCC(COC(=O)CCCCCCCCCCCCCCC)OC(=O)CCCCCCCCC(C)CCCCCCCC)C1OC1OC(COC(=O)CCCCCCCCC(C)CCCCCCCC)C(O)C(O)C1O. The van der Waals surface area contributed by atoms with Crippen molar-refractivity contribution in [3.63, 3.8) is 0 Å². The van der Waals surface area contributed by atoms with Gasteiger partial charge in [-0.3, -0.25) is 28.2 Å². The molecular weight excluding hydrogens is 1520 g/mol. The van der Waals surface area contributed by atoms with Gasteiger partial charge in [-0.05, 0) is 63.2 Å². The lowest BCUT2D eigenvalue weighted by atomic mass is 9.84. The van der Waals surface area contributed by atoms with Crippen LogP contribution in [0.15, 0.2) is 12.2 Å². The van der Waals surface area contributed by atoms with Crippen molar-refractivity contribution >= 4 is 31.7 Å². The molecule has 688 valence electrons. The van der Waals surface area contributed by atoms with Crippen molar-refractivity contribution in [2.45, 2.75) is 505 Å². The summed E-state index contributed by atoms with van der Waals surface area (Å²) < 4.78 is 73.5. The molecule has 2 saturated heterocycles. The standard InChI is InChI=1S/C91H169O25P/c1-7-11-15-19-23-25-27-29-31-33-35-45-53-61-74(93)107-66-71(110-76(95)63-55-48-40-38-44-52-60-70(6)58-50-42-22-18-14-10-4)67-109-117(105,106)116-89-87(114-90-84(103)80(99)78(97)72(65-92)111-90)83(102)82(101)86(113-77(96)64-56-47-36-34-32-30-28-26-24-20-16-12-8-2)88(89)115-91-85(104)81(100)79(98)73(112-91)68-108-75(94)62-54-46-39-37-43-51-59-69(5)57-49-41-21-17-13-9-3/h30,32,69-73,78-92,97-104H,7-29,31,33-68H2,1-6H3,(H,105,106)/b32-30-. The zero-order valence-corrected chi connectivity index (χ0v) is 74.5. The molecule has 25 nitrogen and oxygen atoms in total. The van der Waals surface area contributed by atoms with Crippen molar-refractivity contribution in [2.75, 3.05) is 26.4 Å². The first-order valence-electron chi connectivity index (χ1n) is 47.2. The molecule has 0 spiro atoms. The highest BCUT2D eigenvalue weighted by Gasteiger charge is 2.60. The van der Waals surface area contributed by atoms with E-state index in [0.717, 1.165) is 122 Å². The van der Waals surface area contributed by atoms with Gasteiger partial charge in [-0.15, -0.1) is 0 Å². The maximum absolute atomic E-state index is 14.9. The van der Waals surface area contributed by atoms with Gasteiger partial charge in [0.25, 0.3) is 0 Å². The van der Waals surface area contributed by atoms with Gasteiger partial charge in [-0.1, -0.05) is 336 Å². The maximum atomic E-state index is 14.9. The summed E-state index contributed by atoms with van der Waals surface area (Å²) in [6, 6.07) is 0. The van der Waals surface area contributed by atoms with Crippen molar-refractivity contribution in [3.8, 4) is 0 Å². The third-order valence-electron chi connectivity index (χ3n) is 23.6. The van der Waals surface area contributed by atoms with E-state index in [1.807, 2.05) is 0 Å². The van der Waals surface area contributed by atoms with E-state index in [1.54, 1.807) is 0 Å². The first-order chi connectivity index (χ1) is 56.5. The molecule has 1 saturated carbocycles. The monoisotopic (exact) mass is 1690 g/mol. The van der Waals surface area contributed by atoms with E-state index in [-0.39, 0.29) is 32.1 Å². The second-order valence-corrected chi connectivity index (χ2v) is 35.8. The lowest BCUT2D eigenvalue weighted by Gasteiger charge is -2.50. The van der Waals surface area contributed by atoms with Gasteiger partial charge in [-0.25, -0.2) is 4.57 Å². The van der Waals surface area contributed by atoms with Crippen LogP contribution in [0, 0.1) is 11.8 Å². The summed E-state index contributed by atoms with van der Waals surface area (Å²) in [5, 5.41) is 102. The molecule has 0 radical (unpaired) electrons. The molecule has 2 heterocycles. The van der Waals surface area contributed by atoms with Crippen LogP contribution in [-0.4, -0.2) is 205 Å². The number of allylic oxidation sites excluding steroid dienone is 2. The third-order valence-corrected chi connectivity index (χ3v) is 24.5. The minimum Gasteiger partial charge on any atom is -0.463 e. The van der Waals surface area contributed by atoms with Gasteiger partial charge in [0.05, 0.1) is 13.2 Å². The highest BCUT2D eigenvalue weighted by Crippen LogP contribution is 2.49. The predicted molar refractivity (Wildman–Crippen MR) is 453 cm³/mol. The van der Waals surface area contributed by atoms with Crippen LogP contribution in [0.4, 0.5) is 0 Å². The summed E-state index contributed by atoms with van der Waals surface area (Å²) in [4.78, 5) is 66.5. The van der Waals surface area contributed by atoms with Gasteiger partial charge in [-0.2, -0.15) is 0 Å². The quantitative estimate of drug-likeness (QED) is 0.00889. The Kier molecular flexibility index (Phi) is 63.5. The minimum atomic E-state index is -5.81. The van der Waals surface area contributed by atoms with Gasteiger partial charge >= 0.3 is 31.7 Å². The van der Waals surface area contributed by atoms with E-state index >= 15 is 0 Å². The largest absolute Gasteiger partial charge is 0.472 e. The molecule has 3 fully saturated rings. The number of phosphoric ester groups is 1. The number of hydrogen-bond acceptors (Lipinski definition) is 24. The fourth-order valence-corrected chi connectivity index (χ4v) is 16.8. The first-order valence-corrected chi connectivity index (χ1v) is 48.7. The number of rotatable bonds is 75. The van der Waals surface area contributed by atoms with E-state index in [4.69, 9.17) is 46.9 Å². The van der Waals surface area contributed by atoms with E-state index < -0.39 is 162 Å². The van der Waals surface area contributed by atoms with E-state index in [2.05, 4.69) is 53.7 Å². The van der Waals surface area contributed by atoms with Crippen molar-refractivity contribution in [3.05, 3.63) is 12.2 Å². The second-order valence-electron chi connectivity index (χ2n) is 34.4. The average molecular weight is 1690 g/mol. The zero-order valence-electron chi connectivity index (χ0n) is 73.6. The number of unbranched alkanes of at least 4 members (excludes halogenated alkanes) is 41. The molecule has 3 rings (SSSR count). The molecule has 0 aromatic heterocycles. The number of ether oxygens (including phenoxy) is 8. The van der Waals surface area contributed by atoms with Crippen LogP contribution in [0.3, 0.4) is 0 Å². The molecule has 20 unspecified atom stereocenters. The summed E-state index contributed by atoms with van der Waals surface area (Å²) in [7, 11) is -5.81. The predicted octanol–water partition coefficient (Wildman–Crippen LogP) is 17.3. The lowest BCUT2D eigenvalue weighted by Crippen LogP contribution is -2.70. The molecule has 20 atom stereocenters. The van der Waals surface area contributed by atoms with Crippen LogP contribution >= 0.6 is 7.82 Å². The van der Waals surface area contributed by atoms with Crippen molar-refractivity contribution in [1.82, 2.24) is 0 Å². The van der Waals surface area contributed by atoms with E-state index in [9.17, 15) is 74.6 Å². The normalized spacial score (nSPS) is 25.6. The van der Waals surface area contributed by atoms with E-state index in [1.165, 1.54) is 173 Å². The Labute approximate surface area is 705 Å². The van der Waals surface area contributed by atoms with Crippen LogP contribution in [-0.2, 0) is 70.7 Å². The highest BCUT2D eigenvalue weighted by molar-refractivity contribution is 7.47. The van der Waals surface area contributed by atoms with Crippen LogP contribution in [0.5, 0.6) is 0 Å². The topological polar surface area (TPSA) is 380 Å². The molecule has 2 aliphatic heterocycles. The average Bonchev–Trinajstić information content (AvgIpc) is 0.754. The number of carbonyl (C=O) groups is 4. The van der Waals surface area contributed by atoms with Crippen molar-refractivity contribution < 1.29 is 122 Å². The fourth-order valence-electron chi connectivity index (χ4n) is 15.9. The molecular formula is C91H169O25P. The van der Waals surface area contributed by atoms with Gasteiger partial charge in [0.15, 0.2) is 24.8 Å². The molecule has 26 heteroatoms. The first kappa shape index (κ1) is 108. The Bertz CT molecular complexity index is 2520. The van der Waals surface area contributed by atoms with Crippen molar-refractivity contribution in [2.24, 2.45) is 11.8 Å². The van der Waals surface area contributed by atoms with Crippen LogP contribution in [0.1, 0.15) is 401 Å².